The van der Waals surface area contributed by atoms with Gasteiger partial charge in [0.05, 0.1) is 24.9 Å². The molecule has 0 bridgehead atoms. The molecule has 1 aliphatic heterocycles. The molecule has 1 aliphatic rings. The Kier molecular flexibility index (Phi) is 5.75. The van der Waals surface area contributed by atoms with Crippen molar-refractivity contribution in [1.82, 2.24) is 10.2 Å². The van der Waals surface area contributed by atoms with Gasteiger partial charge in [0.25, 0.3) is 10.1 Å². The van der Waals surface area contributed by atoms with Crippen LogP contribution in [0.4, 0.5) is 4.79 Å². The second-order valence-electron chi connectivity index (χ2n) is 6.31. The van der Waals surface area contributed by atoms with Gasteiger partial charge in [0.2, 0.25) is 11.8 Å². The lowest BCUT2D eigenvalue weighted by molar-refractivity contribution is -0.128. The van der Waals surface area contributed by atoms with Crippen LogP contribution in [0.2, 0.25) is 0 Å². The fraction of sp³-hybridized carbons (Fsp3) is 0.769. The van der Waals surface area contributed by atoms with Crippen LogP contribution >= 0.6 is 0 Å². The zero-order valence-electron chi connectivity index (χ0n) is 13.8. The van der Waals surface area contributed by atoms with Crippen LogP contribution in [0.5, 0.6) is 0 Å². The third-order valence-corrected chi connectivity index (χ3v) is 3.46. The van der Waals surface area contributed by atoms with E-state index in [2.05, 4.69) is 5.32 Å². The Hall–Kier alpha value is -1.68. The minimum absolute atomic E-state index is 0.142. The molecule has 0 saturated carbocycles. The maximum atomic E-state index is 12.2. The van der Waals surface area contributed by atoms with E-state index in [1.807, 2.05) is 0 Å². The van der Waals surface area contributed by atoms with Gasteiger partial charge in [0.15, 0.2) is 0 Å². The Morgan fingerprint density at radius 1 is 1.35 bits per heavy atom. The molecule has 3 amide bonds. The first-order valence-electron chi connectivity index (χ1n) is 6.97. The van der Waals surface area contributed by atoms with Crippen molar-refractivity contribution < 1.29 is 31.7 Å². The van der Waals surface area contributed by atoms with E-state index < -0.39 is 52.3 Å². The summed E-state index contributed by atoms with van der Waals surface area (Å²) in [5.41, 5.74) is -0.828. The number of amides is 3. The minimum Gasteiger partial charge on any atom is -0.443 e. The van der Waals surface area contributed by atoms with Crippen molar-refractivity contribution in [3.8, 4) is 0 Å². The fourth-order valence-electron chi connectivity index (χ4n) is 2.13. The Labute approximate surface area is 135 Å². The molecular weight excluding hydrogens is 328 g/mol. The van der Waals surface area contributed by atoms with E-state index in [1.54, 1.807) is 20.8 Å². The Balaban J connectivity index is 3.00. The molecule has 0 aromatic heterocycles. The molecule has 0 unspecified atom stereocenters. The maximum absolute atomic E-state index is 12.2. The molecule has 0 aromatic rings. The van der Waals surface area contributed by atoms with Gasteiger partial charge in [-0.25, -0.2) is 9.69 Å². The fourth-order valence-corrected chi connectivity index (χ4v) is 2.51. The van der Waals surface area contributed by atoms with Crippen LogP contribution < -0.4 is 5.32 Å². The Morgan fingerprint density at radius 3 is 2.35 bits per heavy atom. The SMILES string of the molecule is CC(=O)N[C@H]1CC(=O)N(C(=O)OC(C)(C)C)[C@@H]1COS(C)(=O)=O. The van der Waals surface area contributed by atoms with Gasteiger partial charge in [-0.1, -0.05) is 0 Å². The average molecular weight is 350 g/mol. The van der Waals surface area contributed by atoms with Gasteiger partial charge in [-0.15, -0.1) is 0 Å². The van der Waals surface area contributed by atoms with Gasteiger partial charge in [0, 0.05) is 13.3 Å². The quantitative estimate of drug-likeness (QED) is 0.709. The van der Waals surface area contributed by atoms with E-state index in [4.69, 9.17) is 8.92 Å². The number of ether oxygens (including phenoxy) is 1. The molecule has 1 rings (SSSR count). The van der Waals surface area contributed by atoms with Gasteiger partial charge in [-0.3, -0.25) is 13.8 Å². The molecule has 1 heterocycles. The molecule has 1 fully saturated rings. The smallest absolute Gasteiger partial charge is 0.417 e. The summed E-state index contributed by atoms with van der Waals surface area (Å²) in [5.74, 6) is -0.974. The number of hydrogen-bond acceptors (Lipinski definition) is 7. The van der Waals surface area contributed by atoms with Gasteiger partial charge in [0.1, 0.15) is 5.60 Å². The van der Waals surface area contributed by atoms with Gasteiger partial charge in [-0.2, -0.15) is 8.42 Å². The Morgan fingerprint density at radius 2 is 1.91 bits per heavy atom. The summed E-state index contributed by atoms with van der Waals surface area (Å²) in [7, 11) is -3.77. The molecular formula is C13H22N2O7S. The number of likely N-dealkylation sites (tertiary alicyclic amines) is 1. The van der Waals surface area contributed by atoms with Crippen molar-refractivity contribution in [2.45, 2.75) is 51.8 Å². The van der Waals surface area contributed by atoms with E-state index in [0.717, 1.165) is 11.2 Å². The van der Waals surface area contributed by atoms with Crippen molar-refractivity contribution in [3.63, 3.8) is 0 Å². The zero-order chi connectivity index (χ0) is 18.0. The Bertz CT molecular complexity index is 594. The molecule has 1 N–H and O–H groups in total. The highest BCUT2D eigenvalue weighted by molar-refractivity contribution is 7.85. The number of rotatable bonds is 4. The average Bonchev–Trinajstić information content (AvgIpc) is 2.58. The second kappa shape index (κ2) is 6.83. The van der Waals surface area contributed by atoms with Crippen LogP contribution in [0, 0.1) is 0 Å². The topological polar surface area (TPSA) is 119 Å². The lowest BCUT2D eigenvalue weighted by atomic mass is 10.1. The number of carbonyl (C=O) groups is 3. The van der Waals surface area contributed by atoms with Crippen molar-refractivity contribution >= 4 is 28.0 Å². The molecule has 0 aromatic carbocycles. The molecule has 0 radical (unpaired) electrons. The van der Waals surface area contributed by atoms with E-state index in [9.17, 15) is 22.8 Å². The number of nitrogens with one attached hydrogen (secondary N) is 1. The molecule has 132 valence electrons. The zero-order valence-corrected chi connectivity index (χ0v) is 14.6. The molecule has 0 aliphatic carbocycles. The lowest BCUT2D eigenvalue weighted by Gasteiger charge is -2.29. The first-order chi connectivity index (χ1) is 10.3. The van der Waals surface area contributed by atoms with Gasteiger partial charge < -0.3 is 10.1 Å². The van der Waals surface area contributed by atoms with Crippen molar-refractivity contribution in [2.75, 3.05) is 12.9 Å². The van der Waals surface area contributed by atoms with Crippen LogP contribution in [-0.4, -0.2) is 61.8 Å². The first kappa shape index (κ1) is 19.4. The normalized spacial score (nSPS) is 22.1. The standard InChI is InChI=1S/C13H22N2O7S/c1-8(16)14-9-6-11(17)15(12(18)22-13(2,3)4)10(9)7-21-23(5,19)20/h9-10H,6-7H2,1-5H3,(H,14,16)/t9-,10+/m0/s1. The largest absolute Gasteiger partial charge is 0.443 e. The minimum atomic E-state index is -3.77. The summed E-state index contributed by atoms with van der Waals surface area (Å²) < 4.78 is 32.2. The number of carbonyl (C=O) groups excluding carboxylic acids is 3. The monoisotopic (exact) mass is 350 g/mol. The van der Waals surface area contributed by atoms with E-state index >= 15 is 0 Å². The molecule has 0 spiro atoms. The maximum Gasteiger partial charge on any atom is 0.417 e. The highest BCUT2D eigenvalue weighted by Gasteiger charge is 2.46. The molecule has 2 atom stereocenters. The van der Waals surface area contributed by atoms with Gasteiger partial charge in [-0.05, 0) is 20.8 Å². The molecule has 9 nitrogen and oxygen atoms in total. The summed E-state index contributed by atoms with van der Waals surface area (Å²) in [5, 5.41) is 2.52. The van der Waals surface area contributed by atoms with E-state index in [-0.39, 0.29) is 6.42 Å². The summed E-state index contributed by atoms with van der Waals surface area (Å²) in [6, 6.07) is -1.70. The summed E-state index contributed by atoms with van der Waals surface area (Å²) >= 11 is 0. The second-order valence-corrected chi connectivity index (χ2v) is 7.96. The first-order valence-corrected chi connectivity index (χ1v) is 8.78. The number of nitrogens with zero attached hydrogens (tertiary/aromatic N) is 1. The number of imide groups is 1. The predicted octanol–water partition coefficient (Wildman–Crippen LogP) is 0.00330. The van der Waals surface area contributed by atoms with Crippen LogP contribution in [0.3, 0.4) is 0 Å². The van der Waals surface area contributed by atoms with Crippen molar-refractivity contribution in [3.05, 3.63) is 0 Å². The highest BCUT2D eigenvalue weighted by atomic mass is 32.2. The molecule has 10 heteroatoms. The van der Waals surface area contributed by atoms with E-state index in [1.165, 1.54) is 6.92 Å². The third-order valence-electron chi connectivity index (χ3n) is 2.89. The van der Waals surface area contributed by atoms with Crippen LogP contribution in [0.1, 0.15) is 34.1 Å². The highest BCUT2D eigenvalue weighted by Crippen LogP contribution is 2.23. The van der Waals surface area contributed by atoms with Gasteiger partial charge >= 0.3 is 6.09 Å². The van der Waals surface area contributed by atoms with Crippen LogP contribution in [-0.2, 0) is 28.6 Å². The number of hydrogen-bond donors (Lipinski definition) is 1. The molecule has 1 saturated heterocycles. The summed E-state index contributed by atoms with van der Waals surface area (Å²) in [6.45, 7) is 5.72. The summed E-state index contributed by atoms with van der Waals surface area (Å²) in [6.07, 6.45) is -0.191. The summed E-state index contributed by atoms with van der Waals surface area (Å²) in [4.78, 5) is 36.3. The van der Waals surface area contributed by atoms with Crippen molar-refractivity contribution in [1.29, 1.82) is 0 Å². The van der Waals surface area contributed by atoms with Crippen LogP contribution in [0.15, 0.2) is 0 Å². The molecule has 23 heavy (non-hydrogen) atoms. The third kappa shape index (κ3) is 6.14. The predicted molar refractivity (Wildman–Crippen MR) is 79.9 cm³/mol. The lowest BCUT2D eigenvalue weighted by Crippen LogP contribution is -2.50. The van der Waals surface area contributed by atoms with E-state index in [0.29, 0.717) is 0 Å². The van der Waals surface area contributed by atoms with Crippen molar-refractivity contribution in [2.24, 2.45) is 0 Å². The van der Waals surface area contributed by atoms with Crippen LogP contribution in [0.25, 0.3) is 0 Å².